The molecular weight excluding hydrogens is 1930 g/mol. The Kier molecular flexibility index (Phi) is 215. The minimum atomic E-state index is -5.52. The molecule has 5 aliphatic heterocycles. The number of ketones is 1. The summed E-state index contributed by atoms with van der Waals surface area (Å²) in [5, 5.41) is 32.3. The van der Waals surface area contributed by atoms with Crippen LogP contribution in [-0.2, 0) is 218 Å². The quantitative estimate of drug-likeness (QED) is 0.0554. The molecule has 0 aliphatic carbocycles. The van der Waals surface area contributed by atoms with Gasteiger partial charge in [-0.1, -0.05) is 179 Å². The van der Waals surface area contributed by atoms with Gasteiger partial charge in [0.15, 0.2) is 0 Å². The second-order valence-electron chi connectivity index (χ2n) is 21.5. The molecule has 0 amide bonds. The van der Waals surface area contributed by atoms with Crippen LogP contribution >= 0.6 is 0 Å². The number of esters is 5. The smallest absolute Gasteiger partial charge is 0.469 e. The first-order valence-electron chi connectivity index (χ1n) is 36.7. The summed E-state index contributed by atoms with van der Waals surface area (Å²) < 4.78 is 81.6. The van der Waals surface area contributed by atoms with Crippen LogP contribution in [0.25, 0.3) is 0 Å². The van der Waals surface area contributed by atoms with Crippen molar-refractivity contribution < 1.29 is 250 Å². The van der Waals surface area contributed by atoms with Crippen LogP contribution in [-0.4, -0.2) is 255 Å². The summed E-state index contributed by atoms with van der Waals surface area (Å²) in [4.78, 5) is 77.0. The standard InChI is InChI=1S/C7H10F3NO3S.2C7H15N.C7H13N.C6H11NO.C6H7N.C5H6BNO2.5C3H6O2.7C2H6.CH5BO2.6CH4.Pd.4Y/c1-11-4-2-3-6(5-11)14-15(12,13)7(8,9)10;3*1-7-4-3-5-8(2)6-7;1-7-4-2-3-6(8)5-7;1-6-3-2-4-7-5-6;8-6(9)5-2-1-3-7-4-5;5*1-3(4)5-2;7*1-2;1-2(3)4;;;;;;;;;;;/h3H,2,4-5H2,1H3;2*7H,3-6H2,1-2H3;4H,3,5-6H2,1-2H3;2-5H2,1H3;2-5H,1H3;1-4,8-9H;5*1-2H3;7*1-2H3;3-4H,1H3;6*1H4;;;;;. The second-order valence-corrected chi connectivity index (χ2v) is 23.0. The van der Waals surface area contributed by atoms with Gasteiger partial charge in [0.1, 0.15) is 11.5 Å². The number of carbonyl (C=O) groups is 6. The molecule has 2 aromatic heterocycles. The third-order valence-corrected chi connectivity index (χ3v) is 12.7. The van der Waals surface area contributed by atoms with Gasteiger partial charge in [-0.2, -0.15) is 21.6 Å². The van der Waals surface area contributed by atoms with Crippen LogP contribution < -0.4 is 5.46 Å². The van der Waals surface area contributed by atoms with E-state index in [1.165, 1.54) is 172 Å². The van der Waals surface area contributed by atoms with E-state index in [1.807, 2.05) is 129 Å². The molecule has 4 N–H and O–H groups in total. The van der Waals surface area contributed by atoms with Gasteiger partial charge in [-0.25, -0.2) is 0 Å². The number of halogens is 3. The summed E-state index contributed by atoms with van der Waals surface area (Å²) in [7, 11) is 8.88. The molecular formula is C81H178B2F3N7O18PdSY4. The number of likely N-dealkylation sites (tertiary alicyclic amines) is 3. The molecule has 2 aromatic rings. The number of nitrogens with zero attached hydrogens (tertiary/aromatic N) is 7. The van der Waals surface area contributed by atoms with Gasteiger partial charge < -0.3 is 62.7 Å². The van der Waals surface area contributed by atoms with Gasteiger partial charge in [0.05, 0.1) is 48.6 Å². The Morgan fingerprint density at radius 2 is 0.769 bits per heavy atom. The van der Waals surface area contributed by atoms with Crippen LogP contribution in [0, 0.1) is 18.8 Å². The van der Waals surface area contributed by atoms with Crippen molar-refractivity contribution in [2.45, 2.75) is 268 Å². The average Bonchev–Trinajstić information content (AvgIpc) is 0.826. The molecule has 25 nitrogen and oxygen atoms in total. The minimum absolute atomic E-state index is 0. The Labute approximate surface area is 834 Å². The van der Waals surface area contributed by atoms with Gasteiger partial charge in [-0.15, -0.1) is 0 Å². The number of rotatable bonds is 3. The number of Topliss-reactive ketones (excluding diaryl/α,β-unsaturated/α-hetero) is 1. The molecule has 5 aliphatic rings. The Balaban J connectivity index is -0.0000000361. The van der Waals surface area contributed by atoms with Gasteiger partial charge in [0, 0.05) is 255 Å². The maximum absolute atomic E-state index is 11.9. The van der Waals surface area contributed by atoms with Crippen LogP contribution in [0.1, 0.15) is 254 Å². The van der Waals surface area contributed by atoms with Crippen molar-refractivity contribution >= 4 is 65.4 Å². The molecule has 7 heterocycles. The molecule has 0 spiro atoms. The van der Waals surface area contributed by atoms with Crippen LogP contribution in [0.5, 0.6) is 0 Å². The number of piperidine rings is 3. The summed E-state index contributed by atoms with van der Waals surface area (Å²) in [6.07, 6.45) is 19.5. The third kappa shape index (κ3) is 170. The summed E-state index contributed by atoms with van der Waals surface area (Å²) in [5.74, 6) is 0.859. The number of carbonyl (C=O) groups excluding carboxylic acids is 6. The van der Waals surface area contributed by atoms with Crippen LogP contribution in [0.15, 0.2) is 72.5 Å². The molecule has 117 heavy (non-hydrogen) atoms. The molecule has 3 saturated heterocycles. The molecule has 0 aromatic carbocycles. The Hall–Kier alpha value is -0.812. The topological polar surface area (TPSA) is 315 Å². The van der Waals surface area contributed by atoms with Crippen molar-refractivity contribution in [3.8, 4) is 0 Å². The first-order valence-corrected chi connectivity index (χ1v) is 38.1. The molecule has 0 saturated carbocycles. The predicted octanol–water partition coefficient (Wildman–Crippen LogP) is 16.4. The van der Waals surface area contributed by atoms with Gasteiger partial charge in [0.2, 0.25) is 0 Å². The van der Waals surface area contributed by atoms with E-state index < -0.39 is 29.9 Å². The number of aromatic nitrogens is 2. The summed E-state index contributed by atoms with van der Waals surface area (Å²) in [6.45, 7) is 55.1. The number of hydrogen-bond donors (Lipinski definition) is 4. The zero-order valence-electron chi connectivity index (χ0n) is 75.1. The number of methoxy groups -OCH3 is 5. The fourth-order valence-corrected chi connectivity index (χ4v) is 7.53. The summed E-state index contributed by atoms with van der Waals surface area (Å²) >= 11 is 0. The van der Waals surface area contributed by atoms with Gasteiger partial charge in [-0.3, -0.25) is 48.5 Å². The molecule has 2 unspecified atom stereocenters. The van der Waals surface area contributed by atoms with E-state index in [1.54, 1.807) is 36.5 Å². The van der Waals surface area contributed by atoms with Gasteiger partial charge in [-0.05, 0) is 156 Å². The monoisotopic (exact) mass is 2110 g/mol. The number of hydrogen-bond acceptors (Lipinski definition) is 25. The second kappa shape index (κ2) is 138. The van der Waals surface area contributed by atoms with Crippen molar-refractivity contribution in [3.63, 3.8) is 0 Å². The molecule has 700 valence electrons. The van der Waals surface area contributed by atoms with Gasteiger partial charge >= 0.3 is 59.7 Å². The number of ether oxygens (including phenoxy) is 5. The predicted molar refractivity (Wildman–Crippen MR) is 473 cm³/mol. The first-order chi connectivity index (χ1) is 49.7. The zero-order valence-corrected chi connectivity index (χ0v) is 88.8. The van der Waals surface area contributed by atoms with E-state index in [0.717, 1.165) is 31.2 Å². The largest absolute Gasteiger partial charge is 0.534 e. The summed E-state index contributed by atoms with van der Waals surface area (Å²) in [6, 6.07) is 7.19. The SMILES string of the molecule is C.C.C.C.C.C.CB(O)O.CC.CC.CC.CC.CC.CC.CC.CC1=CCCN(C)C1.CC1CCCN(C)C1.CC1CCCN(C)C1.CN1CCC=C(OS(=O)(=O)C(F)(F)F)C1.CN1CCCC(=O)C1.COC(C)=O.COC(C)=O.COC(C)=O.COC(C)=O.COC(C)=O.Cc1cccnc1.OB(O)c1cccnc1.[Pd].[Y].[Y].[Y].[Y]. The van der Waals surface area contributed by atoms with E-state index in [-0.39, 0.29) is 238 Å². The van der Waals surface area contributed by atoms with E-state index >= 15 is 0 Å². The number of alkyl halides is 3. The maximum atomic E-state index is 11.9. The third-order valence-electron chi connectivity index (χ3n) is 11.7. The molecule has 7 rings (SSSR count). The normalized spacial score (nSPS) is 13.5. The number of aryl methyl sites for hydroxylation is 1. The minimum Gasteiger partial charge on any atom is -0.469 e. The fraction of sp³-hybridized carbons (Fsp3) is 0.753. The van der Waals surface area contributed by atoms with Crippen LogP contribution in [0.4, 0.5) is 13.2 Å². The zero-order chi connectivity index (χ0) is 86.4. The van der Waals surface area contributed by atoms with E-state index in [0.29, 0.717) is 30.8 Å². The van der Waals surface area contributed by atoms with Crippen molar-refractivity contribution in [2.24, 2.45) is 11.8 Å². The molecule has 3 fully saturated rings. The Bertz CT molecular complexity index is 2300. The van der Waals surface area contributed by atoms with Crippen LogP contribution in [0.2, 0.25) is 6.82 Å². The average molecular weight is 2110 g/mol. The molecule has 0 bridgehead atoms. The first kappa shape index (κ1) is 181. The summed E-state index contributed by atoms with van der Waals surface area (Å²) in [5.41, 5.74) is -2.23. The van der Waals surface area contributed by atoms with Gasteiger partial charge in [0.25, 0.3) is 0 Å². The fourth-order valence-electron chi connectivity index (χ4n) is 7.04. The maximum Gasteiger partial charge on any atom is 0.534 e. The molecule has 4 radical (unpaired) electrons. The van der Waals surface area contributed by atoms with Crippen molar-refractivity contribution in [1.82, 2.24) is 34.5 Å². The van der Waals surface area contributed by atoms with E-state index in [4.69, 9.17) is 20.1 Å². The molecule has 2 atom stereocenters. The Morgan fingerprint density at radius 1 is 0.487 bits per heavy atom. The number of likely N-dealkylation sites (N-methyl/N-ethyl adjacent to an activating group) is 3. The molecule has 36 heteroatoms. The van der Waals surface area contributed by atoms with E-state index in [9.17, 15) is 50.4 Å². The van der Waals surface area contributed by atoms with E-state index in [2.05, 4.69) is 105 Å². The van der Waals surface area contributed by atoms with Crippen molar-refractivity contribution in [1.29, 1.82) is 0 Å². The number of pyridine rings is 2. The van der Waals surface area contributed by atoms with Crippen LogP contribution in [0.3, 0.4) is 0 Å². The van der Waals surface area contributed by atoms with Crippen molar-refractivity contribution in [3.05, 3.63) is 78.1 Å². The van der Waals surface area contributed by atoms with Crippen molar-refractivity contribution in [2.75, 3.05) is 136 Å². The Morgan fingerprint density at radius 3 is 0.932 bits per heavy atom.